The average molecular weight is 334 g/mol. The van der Waals surface area contributed by atoms with Gasteiger partial charge in [0.25, 0.3) is 5.91 Å². The Bertz CT molecular complexity index is 771. The smallest absolute Gasteiger partial charge is 0.344 e. The van der Waals surface area contributed by atoms with E-state index in [-0.39, 0.29) is 5.56 Å². The van der Waals surface area contributed by atoms with Crippen LogP contribution in [0.5, 0.6) is 0 Å². The SMILES string of the molecule is NC(=O)c1ccc(NC(=O)COC(=O)c2c(F)cccc2F)cc1. The lowest BCUT2D eigenvalue weighted by Crippen LogP contribution is -2.22. The van der Waals surface area contributed by atoms with Gasteiger partial charge in [-0.3, -0.25) is 9.59 Å². The number of rotatable bonds is 5. The van der Waals surface area contributed by atoms with Gasteiger partial charge in [0.15, 0.2) is 6.61 Å². The maximum Gasteiger partial charge on any atom is 0.344 e. The lowest BCUT2D eigenvalue weighted by atomic mass is 10.2. The zero-order valence-corrected chi connectivity index (χ0v) is 12.2. The molecule has 124 valence electrons. The Balaban J connectivity index is 1.93. The maximum atomic E-state index is 13.4. The predicted octanol–water partition coefficient (Wildman–Crippen LogP) is 1.86. The fraction of sp³-hybridized carbons (Fsp3) is 0.0625. The monoisotopic (exact) mass is 334 g/mol. The minimum Gasteiger partial charge on any atom is -0.452 e. The van der Waals surface area contributed by atoms with Gasteiger partial charge in [-0.15, -0.1) is 0 Å². The number of amides is 2. The summed E-state index contributed by atoms with van der Waals surface area (Å²) in [5, 5.41) is 2.39. The zero-order chi connectivity index (χ0) is 17.7. The summed E-state index contributed by atoms with van der Waals surface area (Å²) in [5.41, 5.74) is 4.81. The summed E-state index contributed by atoms with van der Waals surface area (Å²) in [4.78, 5) is 34.2. The highest BCUT2D eigenvalue weighted by atomic mass is 19.1. The number of carbonyl (C=O) groups excluding carboxylic acids is 3. The first-order valence-corrected chi connectivity index (χ1v) is 6.69. The highest BCUT2D eigenvalue weighted by molar-refractivity contribution is 5.97. The van der Waals surface area contributed by atoms with Gasteiger partial charge in [-0.2, -0.15) is 0 Å². The predicted molar refractivity (Wildman–Crippen MR) is 80.2 cm³/mol. The largest absolute Gasteiger partial charge is 0.452 e. The summed E-state index contributed by atoms with van der Waals surface area (Å²) in [5.74, 6) is -4.78. The van der Waals surface area contributed by atoms with Gasteiger partial charge in [-0.25, -0.2) is 13.6 Å². The van der Waals surface area contributed by atoms with Crippen LogP contribution in [0.1, 0.15) is 20.7 Å². The standard InChI is InChI=1S/C16H12F2N2O4/c17-11-2-1-3-12(18)14(11)16(23)24-8-13(21)20-10-6-4-9(5-7-10)15(19)22/h1-7H,8H2,(H2,19,22)(H,20,21). The van der Waals surface area contributed by atoms with Crippen molar-refractivity contribution in [3.63, 3.8) is 0 Å². The first-order chi connectivity index (χ1) is 11.4. The van der Waals surface area contributed by atoms with E-state index in [4.69, 9.17) is 5.73 Å². The number of hydrogen-bond donors (Lipinski definition) is 2. The van der Waals surface area contributed by atoms with Gasteiger partial charge in [0.1, 0.15) is 17.2 Å². The number of esters is 1. The molecule has 0 aliphatic carbocycles. The topological polar surface area (TPSA) is 98.5 Å². The molecule has 0 bridgehead atoms. The molecule has 0 saturated carbocycles. The third kappa shape index (κ3) is 4.13. The van der Waals surface area contributed by atoms with Gasteiger partial charge < -0.3 is 15.8 Å². The quantitative estimate of drug-likeness (QED) is 0.815. The van der Waals surface area contributed by atoms with E-state index in [9.17, 15) is 23.2 Å². The van der Waals surface area contributed by atoms with Crippen LogP contribution >= 0.6 is 0 Å². The van der Waals surface area contributed by atoms with Gasteiger partial charge in [-0.1, -0.05) is 6.07 Å². The molecule has 8 heteroatoms. The number of nitrogens with one attached hydrogen (secondary N) is 1. The Hall–Kier alpha value is -3.29. The van der Waals surface area contributed by atoms with Crippen molar-refractivity contribution in [1.82, 2.24) is 0 Å². The summed E-state index contributed by atoms with van der Waals surface area (Å²) >= 11 is 0. The number of ether oxygens (including phenoxy) is 1. The first-order valence-electron chi connectivity index (χ1n) is 6.69. The second-order valence-corrected chi connectivity index (χ2v) is 4.66. The van der Waals surface area contributed by atoms with E-state index in [0.29, 0.717) is 5.69 Å². The van der Waals surface area contributed by atoms with E-state index in [0.717, 1.165) is 18.2 Å². The number of primary amides is 1. The van der Waals surface area contributed by atoms with E-state index in [1.54, 1.807) is 0 Å². The van der Waals surface area contributed by atoms with Crippen molar-refractivity contribution >= 4 is 23.5 Å². The molecule has 0 unspecified atom stereocenters. The lowest BCUT2D eigenvalue weighted by Gasteiger charge is -2.08. The van der Waals surface area contributed by atoms with Gasteiger partial charge in [0.05, 0.1) is 0 Å². The van der Waals surface area contributed by atoms with Crippen LogP contribution in [0.2, 0.25) is 0 Å². The molecular weight excluding hydrogens is 322 g/mol. The van der Waals surface area contributed by atoms with Gasteiger partial charge in [0, 0.05) is 11.3 Å². The van der Waals surface area contributed by atoms with Crippen molar-refractivity contribution in [3.05, 3.63) is 65.2 Å². The minimum atomic E-state index is -1.29. The Labute approximate surface area is 135 Å². The van der Waals surface area contributed by atoms with Crippen LogP contribution in [0.25, 0.3) is 0 Å². The van der Waals surface area contributed by atoms with Crippen LogP contribution in [-0.4, -0.2) is 24.4 Å². The summed E-state index contributed by atoms with van der Waals surface area (Å²) in [6.45, 7) is -0.732. The molecule has 24 heavy (non-hydrogen) atoms. The Morgan fingerprint density at radius 3 is 2.12 bits per heavy atom. The van der Waals surface area contributed by atoms with Crippen molar-refractivity contribution in [1.29, 1.82) is 0 Å². The summed E-state index contributed by atoms with van der Waals surface area (Å²) in [7, 11) is 0. The number of nitrogens with two attached hydrogens (primary N) is 1. The highest BCUT2D eigenvalue weighted by Crippen LogP contribution is 2.13. The third-order valence-corrected chi connectivity index (χ3v) is 2.95. The van der Waals surface area contributed by atoms with Crippen LogP contribution in [0.3, 0.4) is 0 Å². The third-order valence-electron chi connectivity index (χ3n) is 2.95. The molecule has 2 aromatic carbocycles. The van der Waals surface area contributed by atoms with Gasteiger partial charge in [-0.05, 0) is 36.4 Å². The second kappa shape index (κ2) is 7.32. The molecule has 0 atom stereocenters. The van der Waals surface area contributed by atoms with Crippen LogP contribution in [0, 0.1) is 11.6 Å². The molecule has 6 nitrogen and oxygen atoms in total. The van der Waals surface area contributed by atoms with E-state index in [2.05, 4.69) is 10.1 Å². The van der Waals surface area contributed by atoms with Crippen LogP contribution < -0.4 is 11.1 Å². The Kier molecular flexibility index (Phi) is 5.20. The number of halogens is 2. The Morgan fingerprint density at radius 2 is 1.58 bits per heavy atom. The maximum absolute atomic E-state index is 13.4. The molecule has 2 amide bonds. The van der Waals surface area contributed by atoms with Crippen molar-refractivity contribution in [3.8, 4) is 0 Å². The molecule has 0 radical (unpaired) electrons. The summed E-state index contributed by atoms with van der Waals surface area (Å²) in [6.07, 6.45) is 0. The van der Waals surface area contributed by atoms with E-state index >= 15 is 0 Å². The van der Waals surface area contributed by atoms with Crippen LogP contribution in [-0.2, 0) is 9.53 Å². The number of benzene rings is 2. The summed E-state index contributed by atoms with van der Waals surface area (Å²) in [6, 6.07) is 8.56. The lowest BCUT2D eigenvalue weighted by molar-refractivity contribution is -0.119. The molecule has 0 aliphatic rings. The first kappa shape index (κ1) is 17.1. The zero-order valence-electron chi connectivity index (χ0n) is 12.2. The van der Waals surface area contributed by atoms with Crippen molar-refractivity contribution in [2.75, 3.05) is 11.9 Å². The molecule has 0 fully saturated rings. The van der Waals surface area contributed by atoms with E-state index in [1.165, 1.54) is 24.3 Å². The molecule has 2 aromatic rings. The van der Waals surface area contributed by atoms with E-state index < -0.39 is 41.6 Å². The normalized spacial score (nSPS) is 10.1. The number of anilines is 1. The Morgan fingerprint density at radius 1 is 1.00 bits per heavy atom. The van der Waals surface area contributed by atoms with Crippen LogP contribution in [0.4, 0.5) is 14.5 Å². The molecule has 0 aliphatic heterocycles. The molecule has 2 rings (SSSR count). The molecule has 3 N–H and O–H groups in total. The highest BCUT2D eigenvalue weighted by Gasteiger charge is 2.19. The fourth-order valence-electron chi connectivity index (χ4n) is 1.81. The molecule has 0 aromatic heterocycles. The molecule has 0 heterocycles. The van der Waals surface area contributed by atoms with Gasteiger partial charge >= 0.3 is 5.97 Å². The molecular formula is C16H12F2N2O4. The average Bonchev–Trinajstić information content (AvgIpc) is 2.53. The number of hydrogen-bond acceptors (Lipinski definition) is 4. The number of carbonyl (C=O) groups is 3. The van der Waals surface area contributed by atoms with E-state index in [1.807, 2.05) is 0 Å². The summed E-state index contributed by atoms with van der Waals surface area (Å²) < 4.78 is 31.4. The van der Waals surface area contributed by atoms with Crippen LogP contribution in [0.15, 0.2) is 42.5 Å². The van der Waals surface area contributed by atoms with Gasteiger partial charge in [0.2, 0.25) is 5.91 Å². The fourth-order valence-corrected chi connectivity index (χ4v) is 1.81. The van der Waals surface area contributed by atoms with Crippen molar-refractivity contribution in [2.45, 2.75) is 0 Å². The second-order valence-electron chi connectivity index (χ2n) is 4.66. The molecule has 0 spiro atoms. The minimum absolute atomic E-state index is 0.259. The van der Waals surface area contributed by atoms with Crippen molar-refractivity contribution < 1.29 is 27.9 Å². The van der Waals surface area contributed by atoms with Crippen molar-refractivity contribution in [2.24, 2.45) is 5.73 Å². The molecule has 0 saturated heterocycles.